The number of rotatable bonds is 5. The summed E-state index contributed by atoms with van der Waals surface area (Å²) in [5.74, 6) is 0.556. The molecular formula is C21H19N5O5. The maximum atomic E-state index is 13.0. The number of anilines is 1. The molecule has 0 spiro atoms. The summed E-state index contributed by atoms with van der Waals surface area (Å²) in [5.41, 5.74) is 0.734. The molecule has 0 bridgehead atoms. The number of furan rings is 1. The standard InChI is InChI=1S/C21H19N5O5/c1-22-17-6-5-15-14(23-17)8-16(31-15)21(19(28)24-20(29)25-21)10-26-9-11-3-4-12(30-2)7-13(11)18(26)27/h3-8H,9-10H2,1-2H3,(H,22,23)(H2,24,25,28,29). The van der Waals surface area contributed by atoms with Crippen LogP contribution in [-0.2, 0) is 16.9 Å². The molecule has 0 aliphatic carbocycles. The highest BCUT2D eigenvalue weighted by Gasteiger charge is 2.53. The molecule has 10 heteroatoms. The second-order valence-corrected chi connectivity index (χ2v) is 7.44. The third-order valence-electron chi connectivity index (χ3n) is 5.62. The van der Waals surface area contributed by atoms with Gasteiger partial charge in [-0.2, -0.15) is 0 Å². The van der Waals surface area contributed by atoms with Crippen LogP contribution in [0.25, 0.3) is 11.1 Å². The van der Waals surface area contributed by atoms with Crippen LogP contribution in [0.5, 0.6) is 5.75 Å². The van der Waals surface area contributed by atoms with Crippen molar-refractivity contribution in [3.63, 3.8) is 0 Å². The summed E-state index contributed by atoms with van der Waals surface area (Å²) in [5, 5.41) is 7.87. The first-order valence-electron chi connectivity index (χ1n) is 9.62. The fraction of sp³-hybridized carbons (Fsp3) is 0.238. The zero-order chi connectivity index (χ0) is 21.8. The van der Waals surface area contributed by atoms with E-state index in [0.717, 1.165) is 5.56 Å². The average molecular weight is 421 g/mol. The third-order valence-corrected chi connectivity index (χ3v) is 5.62. The molecule has 1 saturated heterocycles. The number of methoxy groups -OCH3 is 1. The van der Waals surface area contributed by atoms with Crippen molar-refractivity contribution < 1.29 is 23.5 Å². The van der Waals surface area contributed by atoms with Gasteiger partial charge < -0.3 is 24.7 Å². The first kappa shape index (κ1) is 18.9. The fourth-order valence-electron chi connectivity index (χ4n) is 4.01. The Kier molecular flexibility index (Phi) is 4.10. The van der Waals surface area contributed by atoms with Gasteiger partial charge in [-0.05, 0) is 29.8 Å². The number of carbonyl (C=O) groups is 3. The van der Waals surface area contributed by atoms with Gasteiger partial charge in [0.25, 0.3) is 11.8 Å². The molecule has 1 unspecified atom stereocenters. The number of benzene rings is 1. The lowest BCUT2D eigenvalue weighted by molar-refractivity contribution is -0.125. The van der Waals surface area contributed by atoms with Gasteiger partial charge in [-0.25, -0.2) is 9.78 Å². The van der Waals surface area contributed by atoms with Crippen LogP contribution in [0.3, 0.4) is 0 Å². The predicted molar refractivity (Wildman–Crippen MR) is 110 cm³/mol. The lowest BCUT2D eigenvalue weighted by Gasteiger charge is -2.28. The summed E-state index contributed by atoms with van der Waals surface area (Å²) in [6.45, 7) is 0.199. The monoisotopic (exact) mass is 421 g/mol. The summed E-state index contributed by atoms with van der Waals surface area (Å²) in [6.07, 6.45) is 0. The van der Waals surface area contributed by atoms with Crippen molar-refractivity contribution in [1.29, 1.82) is 0 Å². The Morgan fingerprint density at radius 1 is 1.23 bits per heavy atom. The number of nitrogens with zero attached hydrogens (tertiary/aromatic N) is 2. The Morgan fingerprint density at radius 2 is 2.06 bits per heavy atom. The SMILES string of the molecule is CNc1ccc2oc(C3(CN4Cc5ccc(OC)cc5C4=O)NC(=O)NC3=O)cc2n1. The Hall–Kier alpha value is -4.08. The van der Waals surface area contributed by atoms with E-state index in [4.69, 9.17) is 9.15 Å². The van der Waals surface area contributed by atoms with Crippen LogP contribution in [0, 0.1) is 0 Å². The lowest BCUT2D eigenvalue weighted by atomic mass is 9.95. The summed E-state index contributed by atoms with van der Waals surface area (Å²) in [4.78, 5) is 44.0. The predicted octanol–water partition coefficient (Wildman–Crippen LogP) is 1.57. The van der Waals surface area contributed by atoms with E-state index >= 15 is 0 Å². The molecule has 10 nitrogen and oxygen atoms in total. The van der Waals surface area contributed by atoms with Crippen molar-refractivity contribution in [3.05, 3.63) is 53.3 Å². The summed E-state index contributed by atoms with van der Waals surface area (Å²) in [7, 11) is 3.27. The highest BCUT2D eigenvalue weighted by Crippen LogP contribution is 2.34. The smallest absolute Gasteiger partial charge is 0.322 e. The quantitative estimate of drug-likeness (QED) is 0.534. The largest absolute Gasteiger partial charge is 0.497 e. The molecule has 2 aliphatic rings. The maximum Gasteiger partial charge on any atom is 0.322 e. The van der Waals surface area contributed by atoms with Gasteiger partial charge in [-0.15, -0.1) is 0 Å². The molecular weight excluding hydrogens is 402 g/mol. The minimum atomic E-state index is -1.57. The van der Waals surface area contributed by atoms with Gasteiger partial charge in [0.2, 0.25) is 0 Å². The summed E-state index contributed by atoms with van der Waals surface area (Å²) < 4.78 is 11.1. The van der Waals surface area contributed by atoms with E-state index in [-0.39, 0.29) is 18.2 Å². The molecule has 4 amide bonds. The number of hydrogen-bond donors (Lipinski definition) is 3. The van der Waals surface area contributed by atoms with Crippen LogP contribution in [0.4, 0.5) is 10.6 Å². The first-order valence-corrected chi connectivity index (χ1v) is 9.62. The van der Waals surface area contributed by atoms with Crippen LogP contribution >= 0.6 is 0 Å². The molecule has 158 valence electrons. The Bertz CT molecular complexity index is 1250. The van der Waals surface area contributed by atoms with Gasteiger partial charge in [-0.3, -0.25) is 14.9 Å². The van der Waals surface area contributed by atoms with E-state index in [2.05, 4.69) is 20.9 Å². The topological polar surface area (TPSA) is 126 Å². The number of nitrogens with one attached hydrogen (secondary N) is 3. The number of ether oxygens (including phenoxy) is 1. The van der Waals surface area contributed by atoms with Crippen molar-refractivity contribution in [2.45, 2.75) is 12.1 Å². The highest BCUT2D eigenvalue weighted by molar-refractivity contribution is 6.08. The molecule has 0 radical (unpaired) electrons. The van der Waals surface area contributed by atoms with E-state index in [9.17, 15) is 14.4 Å². The minimum absolute atomic E-state index is 0.0981. The van der Waals surface area contributed by atoms with Gasteiger partial charge in [0.05, 0.1) is 13.7 Å². The van der Waals surface area contributed by atoms with Gasteiger partial charge in [0, 0.05) is 25.2 Å². The fourth-order valence-corrected chi connectivity index (χ4v) is 4.01. The first-order chi connectivity index (χ1) is 14.9. The second kappa shape index (κ2) is 6.73. The van der Waals surface area contributed by atoms with Crippen molar-refractivity contribution >= 4 is 34.8 Å². The molecule has 0 saturated carbocycles. The van der Waals surface area contributed by atoms with E-state index in [1.54, 1.807) is 37.4 Å². The molecule has 3 aromatic rings. The number of fused-ring (bicyclic) bond motifs is 2. The summed E-state index contributed by atoms with van der Waals surface area (Å²) in [6, 6.07) is 9.68. The number of imide groups is 1. The van der Waals surface area contributed by atoms with Crippen LogP contribution in [0.1, 0.15) is 21.7 Å². The third kappa shape index (κ3) is 2.87. The molecule has 4 heterocycles. The Balaban J connectivity index is 1.54. The Labute approximate surface area is 176 Å². The van der Waals surface area contributed by atoms with Crippen molar-refractivity contribution in [1.82, 2.24) is 20.5 Å². The van der Waals surface area contributed by atoms with Gasteiger partial charge in [0.1, 0.15) is 22.8 Å². The molecule has 2 aromatic heterocycles. The van der Waals surface area contributed by atoms with Crippen LogP contribution in [0.2, 0.25) is 0 Å². The Morgan fingerprint density at radius 3 is 2.77 bits per heavy atom. The summed E-state index contributed by atoms with van der Waals surface area (Å²) >= 11 is 0. The minimum Gasteiger partial charge on any atom is -0.497 e. The van der Waals surface area contributed by atoms with Crippen LogP contribution in [0.15, 0.2) is 40.8 Å². The lowest BCUT2D eigenvalue weighted by Crippen LogP contribution is -2.52. The van der Waals surface area contributed by atoms with Crippen LogP contribution in [-0.4, -0.2) is 48.4 Å². The normalized spacial score (nSPS) is 20.1. The number of amides is 4. The number of hydrogen-bond acceptors (Lipinski definition) is 7. The molecule has 3 N–H and O–H groups in total. The number of pyridine rings is 1. The zero-order valence-corrected chi connectivity index (χ0v) is 16.8. The number of aromatic nitrogens is 1. The maximum absolute atomic E-state index is 13.0. The van der Waals surface area contributed by atoms with Gasteiger partial charge in [-0.1, -0.05) is 6.07 Å². The molecule has 31 heavy (non-hydrogen) atoms. The number of urea groups is 1. The zero-order valence-electron chi connectivity index (χ0n) is 16.8. The molecule has 1 atom stereocenters. The van der Waals surface area contributed by atoms with E-state index in [1.165, 1.54) is 12.0 Å². The van der Waals surface area contributed by atoms with Crippen LogP contribution < -0.4 is 20.7 Å². The molecule has 1 aromatic carbocycles. The van der Waals surface area contributed by atoms with E-state index in [0.29, 0.717) is 34.8 Å². The highest BCUT2D eigenvalue weighted by atomic mass is 16.5. The number of carbonyl (C=O) groups excluding carboxylic acids is 3. The van der Waals surface area contributed by atoms with E-state index in [1.807, 2.05) is 6.07 Å². The van der Waals surface area contributed by atoms with Crippen molar-refractivity contribution in [3.8, 4) is 5.75 Å². The van der Waals surface area contributed by atoms with Crippen molar-refractivity contribution in [2.24, 2.45) is 0 Å². The second-order valence-electron chi connectivity index (χ2n) is 7.44. The van der Waals surface area contributed by atoms with Gasteiger partial charge in [0.15, 0.2) is 11.1 Å². The average Bonchev–Trinajstić information content (AvgIpc) is 3.41. The van der Waals surface area contributed by atoms with Crippen molar-refractivity contribution in [2.75, 3.05) is 26.0 Å². The molecule has 5 rings (SSSR count). The molecule has 2 aliphatic heterocycles. The molecule has 1 fully saturated rings. The van der Waals surface area contributed by atoms with Gasteiger partial charge >= 0.3 is 6.03 Å². The van der Waals surface area contributed by atoms with E-state index < -0.39 is 17.5 Å².